The Kier molecular flexibility index (Phi) is 4.79. The predicted molar refractivity (Wildman–Crippen MR) is 75.2 cm³/mol. The molecule has 1 aliphatic rings. The standard InChI is InChI=1S/C14H18BrF2NO/c15-11-7-10(16)8-12(17)13(11)18-9-14(19)5-3-1-2-4-6-14/h7-8,18-19H,1-6,9H2. The lowest BCUT2D eigenvalue weighted by atomic mass is 9.94. The van der Waals surface area contributed by atoms with Gasteiger partial charge in [0, 0.05) is 17.1 Å². The zero-order valence-corrected chi connectivity index (χ0v) is 12.3. The molecule has 1 aliphatic carbocycles. The molecule has 0 atom stereocenters. The highest BCUT2D eigenvalue weighted by Crippen LogP contribution is 2.30. The molecule has 0 amide bonds. The summed E-state index contributed by atoms with van der Waals surface area (Å²) >= 11 is 3.13. The lowest BCUT2D eigenvalue weighted by molar-refractivity contribution is 0.0380. The van der Waals surface area contributed by atoms with Crippen LogP contribution in [0.25, 0.3) is 0 Å². The van der Waals surface area contributed by atoms with Crippen LogP contribution in [-0.4, -0.2) is 17.3 Å². The second-order valence-corrected chi connectivity index (χ2v) is 6.09. The van der Waals surface area contributed by atoms with Crippen molar-refractivity contribution in [2.24, 2.45) is 0 Å². The summed E-state index contributed by atoms with van der Waals surface area (Å²) in [6, 6.07) is 2.05. The molecule has 0 heterocycles. The minimum absolute atomic E-state index is 0.207. The third-order valence-corrected chi connectivity index (χ3v) is 4.26. The summed E-state index contributed by atoms with van der Waals surface area (Å²) < 4.78 is 27.0. The first-order valence-electron chi connectivity index (χ1n) is 6.61. The topological polar surface area (TPSA) is 32.3 Å². The van der Waals surface area contributed by atoms with Crippen LogP contribution in [0.15, 0.2) is 16.6 Å². The van der Waals surface area contributed by atoms with Gasteiger partial charge in [-0.1, -0.05) is 25.7 Å². The second kappa shape index (κ2) is 6.18. The van der Waals surface area contributed by atoms with Crippen molar-refractivity contribution in [2.75, 3.05) is 11.9 Å². The van der Waals surface area contributed by atoms with Gasteiger partial charge in [0.2, 0.25) is 0 Å². The Morgan fingerprint density at radius 1 is 1.16 bits per heavy atom. The van der Waals surface area contributed by atoms with E-state index in [1.807, 2.05) is 0 Å². The molecule has 1 aromatic rings. The minimum atomic E-state index is -0.795. The molecule has 106 valence electrons. The predicted octanol–water partition coefficient (Wildman–Crippen LogP) is 4.22. The van der Waals surface area contributed by atoms with Crippen molar-refractivity contribution in [3.05, 3.63) is 28.2 Å². The summed E-state index contributed by atoms with van der Waals surface area (Å²) in [6.45, 7) is 0.286. The van der Waals surface area contributed by atoms with Gasteiger partial charge in [-0.2, -0.15) is 0 Å². The Morgan fingerprint density at radius 3 is 2.37 bits per heavy atom. The molecular weight excluding hydrogens is 316 g/mol. The fourth-order valence-corrected chi connectivity index (χ4v) is 3.08. The van der Waals surface area contributed by atoms with Crippen molar-refractivity contribution in [1.29, 1.82) is 0 Å². The van der Waals surface area contributed by atoms with Gasteiger partial charge in [0.15, 0.2) is 0 Å². The van der Waals surface area contributed by atoms with Crippen LogP contribution in [0.2, 0.25) is 0 Å². The van der Waals surface area contributed by atoms with Crippen molar-refractivity contribution in [3.8, 4) is 0 Å². The van der Waals surface area contributed by atoms with Gasteiger partial charge in [0.05, 0.1) is 11.3 Å². The summed E-state index contributed by atoms with van der Waals surface area (Å²) in [5.74, 6) is -1.27. The summed E-state index contributed by atoms with van der Waals surface area (Å²) in [5, 5.41) is 13.4. The molecule has 1 fully saturated rings. The number of halogens is 3. The first-order valence-corrected chi connectivity index (χ1v) is 7.40. The van der Waals surface area contributed by atoms with E-state index in [2.05, 4.69) is 21.2 Å². The van der Waals surface area contributed by atoms with Crippen molar-refractivity contribution in [1.82, 2.24) is 0 Å². The van der Waals surface area contributed by atoms with Crippen LogP contribution >= 0.6 is 15.9 Å². The van der Waals surface area contributed by atoms with Gasteiger partial charge in [-0.05, 0) is 34.8 Å². The normalized spacial score (nSPS) is 18.9. The molecule has 19 heavy (non-hydrogen) atoms. The van der Waals surface area contributed by atoms with E-state index in [9.17, 15) is 13.9 Å². The quantitative estimate of drug-likeness (QED) is 0.811. The van der Waals surface area contributed by atoms with Crippen LogP contribution < -0.4 is 5.32 Å². The van der Waals surface area contributed by atoms with Gasteiger partial charge in [-0.3, -0.25) is 0 Å². The van der Waals surface area contributed by atoms with Crippen molar-refractivity contribution in [2.45, 2.75) is 44.1 Å². The SMILES string of the molecule is OC1(CNc2c(F)cc(F)cc2Br)CCCCCC1. The molecule has 0 aliphatic heterocycles. The van der Waals surface area contributed by atoms with Gasteiger partial charge < -0.3 is 10.4 Å². The van der Waals surface area contributed by atoms with Crippen LogP contribution in [0, 0.1) is 11.6 Å². The first kappa shape index (κ1) is 14.7. The minimum Gasteiger partial charge on any atom is -0.388 e. The Hall–Kier alpha value is -0.680. The highest BCUT2D eigenvalue weighted by molar-refractivity contribution is 9.10. The van der Waals surface area contributed by atoms with E-state index in [0.717, 1.165) is 44.6 Å². The molecule has 1 saturated carbocycles. The summed E-state index contributed by atoms with van der Waals surface area (Å²) in [7, 11) is 0. The fourth-order valence-electron chi connectivity index (χ4n) is 2.53. The van der Waals surface area contributed by atoms with Crippen LogP contribution in [-0.2, 0) is 0 Å². The molecule has 0 saturated heterocycles. The number of rotatable bonds is 3. The van der Waals surface area contributed by atoms with Gasteiger partial charge >= 0.3 is 0 Å². The lowest BCUT2D eigenvalue weighted by Crippen LogP contribution is -2.36. The average Bonchev–Trinajstić information content (AvgIpc) is 2.53. The number of anilines is 1. The average molecular weight is 334 g/mol. The number of hydrogen-bond donors (Lipinski definition) is 2. The third kappa shape index (κ3) is 3.89. The Morgan fingerprint density at radius 2 is 1.79 bits per heavy atom. The molecule has 5 heteroatoms. The summed E-state index contributed by atoms with van der Waals surface area (Å²) in [5.41, 5.74) is -0.587. The van der Waals surface area contributed by atoms with Gasteiger partial charge in [-0.15, -0.1) is 0 Å². The monoisotopic (exact) mass is 333 g/mol. The molecule has 0 aromatic heterocycles. The maximum Gasteiger partial charge on any atom is 0.150 e. The Balaban J connectivity index is 2.05. The van der Waals surface area contributed by atoms with E-state index in [4.69, 9.17) is 0 Å². The number of benzene rings is 1. The molecule has 0 unspecified atom stereocenters. The number of nitrogens with one attached hydrogen (secondary N) is 1. The van der Waals surface area contributed by atoms with E-state index in [1.54, 1.807) is 0 Å². The molecule has 0 spiro atoms. The second-order valence-electron chi connectivity index (χ2n) is 5.24. The van der Waals surface area contributed by atoms with Crippen LogP contribution in [0.3, 0.4) is 0 Å². The van der Waals surface area contributed by atoms with Crippen LogP contribution in [0.4, 0.5) is 14.5 Å². The molecule has 2 nitrogen and oxygen atoms in total. The van der Waals surface area contributed by atoms with Gasteiger partial charge in [-0.25, -0.2) is 8.78 Å². The molecule has 1 aromatic carbocycles. The molecule has 2 N–H and O–H groups in total. The first-order chi connectivity index (χ1) is 9.00. The lowest BCUT2D eigenvalue weighted by Gasteiger charge is -2.27. The van der Waals surface area contributed by atoms with E-state index in [1.165, 1.54) is 6.07 Å². The summed E-state index contributed by atoms with van der Waals surface area (Å²) in [4.78, 5) is 0. The van der Waals surface area contributed by atoms with Gasteiger partial charge in [0.1, 0.15) is 11.6 Å². The van der Waals surface area contributed by atoms with Crippen molar-refractivity contribution >= 4 is 21.6 Å². The van der Waals surface area contributed by atoms with Crippen LogP contribution in [0.1, 0.15) is 38.5 Å². The third-order valence-electron chi connectivity index (χ3n) is 3.64. The largest absolute Gasteiger partial charge is 0.388 e. The Bertz CT molecular complexity index is 422. The van der Waals surface area contributed by atoms with Crippen molar-refractivity contribution < 1.29 is 13.9 Å². The summed E-state index contributed by atoms with van der Waals surface area (Å²) in [6.07, 6.45) is 5.70. The number of hydrogen-bond acceptors (Lipinski definition) is 2. The highest BCUT2D eigenvalue weighted by atomic mass is 79.9. The van der Waals surface area contributed by atoms with E-state index >= 15 is 0 Å². The van der Waals surface area contributed by atoms with Crippen LogP contribution in [0.5, 0.6) is 0 Å². The van der Waals surface area contributed by atoms with E-state index in [-0.39, 0.29) is 12.2 Å². The zero-order chi connectivity index (χ0) is 13.9. The molecule has 0 bridgehead atoms. The van der Waals surface area contributed by atoms with E-state index in [0.29, 0.717) is 4.47 Å². The maximum absolute atomic E-state index is 13.7. The molecule has 2 rings (SSSR count). The molecular formula is C14H18BrF2NO. The van der Waals surface area contributed by atoms with Crippen molar-refractivity contribution in [3.63, 3.8) is 0 Å². The van der Waals surface area contributed by atoms with Gasteiger partial charge in [0.25, 0.3) is 0 Å². The van der Waals surface area contributed by atoms with E-state index < -0.39 is 17.2 Å². The maximum atomic E-state index is 13.7. The molecule has 0 radical (unpaired) electrons. The zero-order valence-electron chi connectivity index (χ0n) is 10.7. The number of aliphatic hydroxyl groups is 1. The smallest absolute Gasteiger partial charge is 0.150 e. The highest BCUT2D eigenvalue weighted by Gasteiger charge is 2.28. The Labute approximate surface area is 120 Å². The fraction of sp³-hybridized carbons (Fsp3) is 0.571.